The van der Waals surface area contributed by atoms with E-state index in [1.165, 1.54) is 12.1 Å². The van der Waals surface area contributed by atoms with Crippen molar-refractivity contribution < 1.29 is 22.7 Å². The molecule has 1 N–H and O–H groups in total. The lowest BCUT2D eigenvalue weighted by Crippen LogP contribution is -2.18. The van der Waals surface area contributed by atoms with E-state index in [1.54, 1.807) is 0 Å². The molecule has 114 valence electrons. The molecule has 0 radical (unpaired) electrons. The highest BCUT2D eigenvalue weighted by molar-refractivity contribution is 5.96. The molecule has 2 atom stereocenters. The van der Waals surface area contributed by atoms with Gasteiger partial charge >= 0.3 is 6.18 Å². The zero-order chi connectivity index (χ0) is 15.7. The molecule has 2 aromatic rings. The molecule has 1 saturated heterocycles. The molecule has 6 heteroatoms. The number of halogens is 3. The van der Waals surface area contributed by atoms with Gasteiger partial charge in [-0.1, -0.05) is 30.3 Å². The van der Waals surface area contributed by atoms with Crippen LogP contribution in [0.1, 0.15) is 17.2 Å². The average molecular weight is 307 g/mol. The van der Waals surface area contributed by atoms with Crippen molar-refractivity contribution in [3.63, 3.8) is 0 Å². The van der Waals surface area contributed by atoms with Gasteiger partial charge in [0, 0.05) is 5.69 Å². The number of anilines is 1. The van der Waals surface area contributed by atoms with Crippen molar-refractivity contribution in [1.29, 1.82) is 0 Å². The van der Waals surface area contributed by atoms with Gasteiger partial charge in [-0.25, -0.2) is 0 Å². The summed E-state index contributed by atoms with van der Waals surface area (Å²) in [5.41, 5.74) is 0.450. The van der Waals surface area contributed by atoms with Crippen LogP contribution in [0.2, 0.25) is 0 Å². The molecule has 1 amide bonds. The van der Waals surface area contributed by atoms with E-state index in [4.69, 9.17) is 4.74 Å². The summed E-state index contributed by atoms with van der Waals surface area (Å²) >= 11 is 0. The number of alkyl halides is 3. The number of epoxide rings is 1. The summed E-state index contributed by atoms with van der Waals surface area (Å²) in [5.74, 6) is -0.367. The van der Waals surface area contributed by atoms with Crippen LogP contribution in [0.5, 0.6) is 0 Å². The number of benzene rings is 2. The van der Waals surface area contributed by atoms with Crippen LogP contribution in [0.15, 0.2) is 54.6 Å². The molecular weight excluding hydrogens is 295 g/mol. The zero-order valence-corrected chi connectivity index (χ0v) is 11.3. The van der Waals surface area contributed by atoms with E-state index in [9.17, 15) is 18.0 Å². The summed E-state index contributed by atoms with van der Waals surface area (Å²) in [6.07, 6.45) is -5.29. The Hall–Kier alpha value is -2.34. The topological polar surface area (TPSA) is 41.6 Å². The van der Waals surface area contributed by atoms with Crippen molar-refractivity contribution >= 4 is 11.6 Å². The normalized spacial score (nSPS) is 20.5. The van der Waals surface area contributed by atoms with Crippen LogP contribution >= 0.6 is 0 Å². The third-order valence-electron chi connectivity index (χ3n) is 3.36. The van der Waals surface area contributed by atoms with Gasteiger partial charge in [0.1, 0.15) is 6.10 Å². The second-order valence-electron chi connectivity index (χ2n) is 4.95. The van der Waals surface area contributed by atoms with Crippen LogP contribution in [0.25, 0.3) is 0 Å². The van der Waals surface area contributed by atoms with Crippen LogP contribution in [0, 0.1) is 0 Å². The van der Waals surface area contributed by atoms with Gasteiger partial charge in [0.2, 0.25) is 0 Å². The first-order valence-corrected chi connectivity index (χ1v) is 6.64. The van der Waals surface area contributed by atoms with Crippen molar-refractivity contribution in [2.75, 3.05) is 5.32 Å². The third-order valence-corrected chi connectivity index (χ3v) is 3.36. The minimum Gasteiger partial charge on any atom is -0.354 e. The summed E-state index contributed by atoms with van der Waals surface area (Å²) in [6.45, 7) is 0. The molecule has 0 aliphatic carbocycles. The molecule has 22 heavy (non-hydrogen) atoms. The Kier molecular flexibility index (Phi) is 3.62. The highest BCUT2D eigenvalue weighted by Crippen LogP contribution is 2.39. The number of carbonyl (C=O) groups is 1. The van der Waals surface area contributed by atoms with E-state index in [0.717, 1.165) is 17.7 Å². The molecule has 2 aromatic carbocycles. The van der Waals surface area contributed by atoms with Gasteiger partial charge in [0.25, 0.3) is 5.91 Å². The van der Waals surface area contributed by atoms with Crippen LogP contribution < -0.4 is 5.32 Å². The molecule has 0 saturated carbocycles. The largest absolute Gasteiger partial charge is 0.416 e. The van der Waals surface area contributed by atoms with E-state index in [-0.39, 0.29) is 12.0 Å². The third kappa shape index (κ3) is 3.12. The first-order valence-electron chi connectivity index (χ1n) is 6.64. The number of hydrogen-bond donors (Lipinski definition) is 1. The quantitative estimate of drug-likeness (QED) is 0.877. The minimum atomic E-state index is -4.39. The van der Waals surface area contributed by atoms with Crippen molar-refractivity contribution in [3.05, 3.63) is 65.7 Å². The maximum absolute atomic E-state index is 12.5. The Bertz CT molecular complexity index is 668. The van der Waals surface area contributed by atoms with Crippen LogP contribution in [-0.2, 0) is 15.7 Å². The van der Waals surface area contributed by atoms with E-state index in [1.807, 2.05) is 30.3 Å². The lowest BCUT2D eigenvalue weighted by atomic mass is 10.1. The summed E-state index contributed by atoms with van der Waals surface area (Å²) in [4.78, 5) is 12.0. The standard InChI is InChI=1S/C16H12F3NO2/c17-16(18,19)11-6-8-12(9-7-11)20-15(21)14-13(22-14)10-4-2-1-3-5-10/h1-9,13-14H,(H,20,21)/t13-,14+/m0/s1. The fraction of sp³-hybridized carbons (Fsp3) is 0.188. The second-order valence-corrected chi connectivity index (χ2v) is 4.95. The van der Waals surface area contributed by atoms with Crippen molar-refractivity contribution in [2.45, 2.75) is 18.4 Å². The zero-order valence-electron chi connectivity index (χ0n) is 11.3. The Labute approximate surface area is 124 Å². The van der Waals surface area contributed by atoms with Gasteiger partial charge in [0.15, 0.2) is 6.10 Å². The molecule has 0 unspecified atom stereocenters. The van der Waals surface area contributed by atoms with Gasteiger partial charge < -0.3 is 10.1 Å². The fourth-order valence-corrected chi connectivity index (χ4v) is 2.16. The van der Waals surface area contributed by atoms with Gasteiger partial charge in [0.05, 0.1) is 5.56 Å². The van der Waals surface area contributed by atoms with E-state index >= 15 is 0 Å². The number of amides is 1. The molecule has 1 heterocycles. The summed E-state index contributed by atoms with van der Waals surface area (Å²) < 4.78 is 42.7. The van der Waals surface area contributed by atoms with Gasteiger partial charge in [-0.2, -0.15) is 13.2 Å². The number of carbonyl (C=O) groups excluding carboxylic acids is 1. The second kappa shape index (κ2) is 5.46. The van der Waals surface area contributed by atoms with E-state index in [2.05, 4.69) is 5.32 Å². The summed E-state index contributed by atoms with van der Waals surface area (Å²) in [5, 5.41) is 2.55. The van der Waals surface area contributed by atoms with Gasteiger partial charge in [-0.15, -0.1) is 0 Å². The minimum absolute atomic E-state index is 0.296. The maximum atomic E-state index is 12.5. The number of ether oxygens (including phenoxy) is 1. The molecule has 1 aliphatic rings. The van der Waals surface area contributed by atoms with Crippen LogP contribution in [0.4, 0.5) is 18.9 Å². The maximum Gasteiger partial charge on any atom is 0.416 e. The van der Waals surface area contributed by atoms with E-state index in [0.29, 0.717) is 5.69 Å². The van der Waals surface area contributed by atoms with Crippen molar-refractivity contribution in [2.24, 2.45) is 0 Å². The number of rotatable bonds is 3. The smallest absolute Gasteiger partial charge is 0.354 e. The lowest BCUT2D eigenvalue weighted by molar-refractivity contribution is -0.137. The summed E-state index contributed by atoms with van der Waals surface area (Å²) in [7, 11) is 0. The molecule has 3 nitrogen and oxygen atoms in total. The Balaban J connectivity index is 1.61. The average Bonchev–Trinajstić information content (AvgIpc) is 3.28. The van der Waals surface area contributed by atoms with Gasteiger partial charge in [-0.05, 0) is 29.8 Å². The van der Waals surface area contributed by atoms with Crippen molar-refractivity contribution in [3.8, 4) is 0 Å². The Morgan fingerprint density at radius 3 is 2.23 bits per heavy atom. The van der Waals surface area contributed by atoms with Gasteiger partial charge in [-0.3, -0.25) is 4.79 Å². The van der Waals surface area contributed by atoms with Crippen molar-refractivity contribution in [1.82, 2.24) is 0 Å². The fourth-order valence-electron chi connectivity index (χ4n) is 2.16. The molecule has 3 rings (SSSR count). The molecular formula is C16H12F3NO2. The Morgan fingerprint density at radius 2 is 1.64 bits per heavy atom. The van der Waals surface area contributed by atoms with Crippen LogP contribution in [-0.4, -0.2) is 12.0 Å². The predicted octanol–water partition coefficient (Wildman–Crippen LogP) is 3.78. The SMILES string of the molecule is O=C(Nc1ccc(C(F)(F)F)cc1)[C@@H]1O[C@H]1c1ccccc1. The molecule has 1 aliphatic heterocycles. The highest BCUT2D eigenvalue weighted by Gasteiger charge is 2.46. The Morgan fingerprint density at radius 1 is 1.00 bits per heavy atom. The lowest BCUT2D eigenvalue weighted by Gasteiger charge is -2.08. The molecule has 0 bridgehead atoms. The van der Waals surface area contributed by atoms with E-state index < -0.39 is 17.8 Å². The number of nitrogens with one attached hydrogen (secondary N) is 1. The summed E-state index contributed by atoms with van der Waals surface area (Å²) in [6, 6.07) is 13.6. The molecule has 0 spiro atoms. The first-order chi connectivity index (χ1) is 10.4. The number of hydrogen-bond acceptors (Lipinski definition) is 2. The highest BCUT2D eigenvalue weighted by atomic mass is 19.4. The monoisotopic (exact) mass is 307 g/mol. The predicted molar refractivity (Wildman–Crippen MR) is 74.1 cm³/mol. The first kappa shape index (κ1) is 14.6. The molecule has 1 fully saturated rings. The van der Waals surface area contributed by atoms with Crippen LogP contribution in [0.3, 0.4) is 0 Å². The molecule has 0 aromatic heterocycles.